The molecule has 0 fully saturated rings. The molecule has 0 saturated carbocycles. The first-order valence-electron chi connectivity index (χ1n) is 11.8. The number of carboxylic acid groups (broad SMARTS) is 1. The monoisotopic (exact) mass is 466 g/mol. The van der Waals surface area contributed by atoms with Gasteiger partial charge in [-0.25, -0.2) is 4.79 Å². The molecule has 2 aromatic carbocycles. The highest BCUT2D eigenvalue weighted by atomic mass is 16.5. The first kappa shape index (κ1) is 25.3. The summed E-state index contributed by atoms with van der Waals surface area (Å²) in [7, 11) is 0. The number of carbonyl (C=O) groups excluding carboxylic acids is 2. The van der Waals surface area contributed by atoms with E-state index in [9.17, 15) is 19.5 Å². The Kier molecular flexibility index (Phi) is 7.97. The van der Waals surface area contributed by atoms with E-state index in [1.54, 1.807) is 13.8 Å². The van der Waals surface area contributed by atoms with Gasteiger partial charge in [-0.1, -0.05) is 69.3 Å². The van der Waals surface area contributed by atoms with Gasteiger partial charge in [0.2, 0.25) is 5.91 Å². The molecule has 0 saturated heterocycles. The highest BCUT2D eigenvalue weighted by molar-refractivity contribution is 5.85. The summed E-state index contributed by atoms with van der Waals surface area (Å²) in [6.45, 7) is 7.43. The Labute approximate surface area is 201 Å². The van der Waals surface area contributed by atoms with Gasteiger partial charge in [0, 0.05) is 23.9 Å². The molecule has 182 valence electrons. The van der Waals surface area contributed by atoms with Crippen molar-refractivity contribution >= 4 is 18.0 Å². The molecular formula is C27H34N2O5. The van der Waals surface area contributed by atoms with E-state index in [-0.39, 0.29) is 37.6 Å². The molecule has 1 aliphatic carbocycles. The quantitative estimate of drug-likeness (QED) is 0.531. The third-order valence-corrected chi connectivity index (χ3v) is 6.63. The molecule has 0 spiro atoms. The Hall–Kier alpha value is -3.35. The van der Waals surface area contributed by atoms with Gasteiger partial charge in [-0.3, -0.25) is 9.59 Å². The fourth-order valence-corrected chi connectivity index (χ4v) is 4.42. The minimum absolute atomic E-state index is 0.0173. The van der Waals surface area contributed by atoms with E-state index in [1.807, 2.05) is 38.1 Å². The summed E-state index contributed by atoms with van der Waals surface area (Å²) in [5.74, 6) is -1.30. The van der Waals surface area contributed by atoms with E-state index in [0.29, 0.717) is 12.8 Å². The van der Waals surface area contributed by atoms with Gasteiger partial charge in [0.15, 0.2) is 0 Å². The predicted octanol–water partition coefficient (Wildman–Crippen LogP) is 4.65. The van der Waals surface area contributed by atoms with Gasteiger partial charge in [-0.2, -0.15) is 0 Å². The number of hydrogen-bond donors (Lipinski definition) is 2. The zero-order valence-corrected chi connectivity index (χ0v) is 20.3. The Bertz CT molecular complexity index is 1000. The van der Waals surface area contributed by atoms with Crippen LogP contribution in [0.3, 0.4) is 0 Å². The molecule has 3 rings (SSSR count). The lowest BCUT2D eigenvalue weighted by atomic mass is 9.87. The Morgan fingerprint density at radius 1 is 1.06 bits per heavy atom. The van der Waals surface area contributed by atoms with Crippen LogP contribution in [0, 0.1) is 5.41 Å². The van der Waals surface area contributed by atoms with Gasteiger partial charge in [0.25, 0.3) is 0 Å². The zero-order valence-electron chi connectivity index (χ0n) is 20.3. The third-order valence-electron chi connectivity index (χ3n) is 6.63. The van der Waals surface area contributed by atoms with Crippen LogP contribution in [0.4, 0.5) is 4.79 Å². The van der Waals surface area contributed by atoms with Crippen molar-refractivity contribution in [2.24, 2.45) is 5.41 Å². The SMILES string of the molecule is CCC(C)N(CC(=O)O)C(=O)C(C)(C)CCNC(=O)OCC1c2ccccc2-c2ccccc21. The maximum Gasteiger partial charge on any atom is 0.407 e. The summed E-state index contributed by atoms with van der Waals surface area (Å²) in [5, 5.41) is 11.9. The zero-order chi connectivity index (χ0) is 24.9. The first-order chi connectivity index (χ1) is 16.2. The minimum Gasteiger partial charge on any atom is -0.480 e. The Morgan fingerprint density at radius 3 is 2.15 bits per heavy atom. The summed E-state index contributed by atoms with van der Waals surface area (Å²) in [5.41, 5.74) is 3.80. The van der Waals surface area contributed by atoms with E-state index < -0.39 is 17.5 Å². The van der Waals surface area contributed by atoms with Gasteiger partial charge in [-0.15, -0.1) is 0 Å². The Morgan fingerprint density at radius 2 is 1.62 bits per heavy atom. The van der Waals surface area contributed by atoms with Crippen molar-refractivity contribution in [2.75, 3.05) is 19.7 Å². The largest absolute Gasteiger partial charge is 0.480 e. The number of hydrogen-bond acceptors (Lipinski definition) is 4. The maximum atomic E-state index is 13.0. The van der Waals surface area contributed by atoms with E-state index in [2.05, 4.69) is 29.6 Å². The minimum atomic E-state index is -1.04. The number of alkyl carbamates (subject to hydrolysis) is 1. The van der Waals surface area contributed by atoms with E-state index in [1.165, 1.54) is 16.0 Å². The highest BCUT2D eigenvalue weighted by Crippen LogP contribution is 2.44. The van der Waals surface area contributed by atoms with Crippen LogP contribution < -0.4 is 5.32 Å². The number of ether oxygens (including phenoxy) is 1. The molecule has 0 aliphatic heterocycles. The molecule has 0 aromatic heterocycles. The van der Waals surface area contributed by atoms with Gasteiger partial charge in [0.05, 0.1) is 0 Å². The maximum absolute atomic E-state index is 13.0. The molecule has 0 bridgehead atoms. The van der Waals surface area contributed by atoms with Gasteiger partial charge in [-0.05, 0) is 42.0 Å². The van der Waals surface area contributed by atoms with Crippen LogP contribution in [0.5, 0.6) is 0 Å². The molecular weight excluding hydrogens is 432 g/mol. The number of amides is 2. The number of carbonyl (C=O) groups is 3. The summed E-state index contributed by atoms with van der Waals surface area (Å²) in [6.07, 6.45) is 0.491. The fourth-order valence-electron chi connectivity index (χ4n) is 4.42. The Balaban J connectivity index is 1.54. The smallest absolute Gasteiger partial charge is 0.407 e. The lowest BCUT2D eigenvalue weighted by Gasteiger charge is -2.34. The van der Waals surface area contributed by atoms with Gasteiger partial charge in [0.1, 0.15) is 13.2 Å². The number of aliphatic carboxylic acids is 1. The molecule has 2 N–H and O–H groups in total. The molecule has 34 heavy (non-hydrogen) atoms. The van der Waals surface area contributed by atoms with Crippen molar-refractivity contribution in [3.05, 3.63) is 59.7 Å². The van der Waals surface area contributed by atoms with Crippen LogP contribution in [0.2, 0.25) is 0 Å². The van der Waals surface area contributed by atoms with Gasteiger partial charge < -0.3 is 20.1 Å². The van der Waals surface area contributed by atoms with Crippen LogP contribution in [-0.4, -0.2) is 53.7 Å². The van der Waals surface area contributed by atoms with Crippen LogP contribution in [0.15, 0.2) is 48.5 Å². The number of carboxylic acids is 1. The number of rotatable bonds is 10. The van der Waals surface area contributed by atoms with Crippen molar-refractivity contribution in [2.45, 2.75) is 52.5 Å². The summed E-state index contributed by atoms with van der Waals surface area (Å²) < 4.78 is 5.55. The van der Waals surface area contributed by atoms with Gasteiger partial charge >= 0.3 is 12.1 Å². The fraction of sp³-hybridized carbons (Fsp3) is 0.444. The van der Waals surface area contributed by atoms with E-state index in [0.717, 1.165) is 11.1 Å². The number of nitrogens with zero attached hydrogens (tertiary/aromatic N) is 1. The van der Waals surface area contributed by atoms with Crippen molar-refractivity contribution in [3.63, 3.8) is 0 Å². The van der Waals surface area contributed by atoms with Crippen molar-refractivity contribution in [1.82, 2.24) is 10.2 Å². The summed E-state index contributed by atoms with van der Waals surface area (Å²) in [4.78, 5) is 38.1. The molecule has 7 heteroatoms. The number of nitrogens with one attached hydrogen (secondary N) is 1. The van der Waals surface area contributed by atoms with Crippen molar-refractivity contribution < 1.29 is 24.2 Å². The second kappa shape index (κ2) is 10.7. The molecule has 7 nitrogen and oxygen atoms in total. The van der Waals surface area contributed by atoms with Crippen molar-refractivity contribution in [3.8, 4) is 11.1 Å². The normalized spacial score (nSPS) is 13.5. The number of benzene rings is 2. The van der Waals surface area contributed by atoms with Crippen LogP contribution in [-0.2, 0) is 14.3 Å². The first-order valence-corrected chi connectivity index (χ1v) is 11.8. The molecule has 0 radical (unpaired) electrons. The second-order valence-corrected chi connectivity index (χ2v) is 9.47. The predicted molar refractivity (Wildman–Crippen MR) is 131 cm³/mol. The topological polar surface area (TPSA) is 95.9 Å². The summed E-state index contributed by atoms with van der Waals surface area (Å²) in [6, 6.07) is 16.1. The molecule has 1 aliphatic rings. The third kappa shape index (κ3) is 5.58. The molecule has 2 aromatic rings. The standard InChI is InChI=1S/C27H34N2O5/c1-5-18(2)29(16-24(30)31)25(32)27(3,4)14-15-28-26(33)34-17-23-21-12-8-6-10-19(21)20-11-7-9-13-22(20)23/h6-13,18,23H,5,14-17H2,1-4H3,(H,28,33)(H,30,31). The average Bonchev–Trinajstić information content (AvgIpc) is 3.13. The molecule has 1 unspecified atom stereocenters. The molecule has 2 amide bonds. The molecule has 1 atom stereocenters. The van der Waals surface area contributed by atoms with E-state index >= 15 is 0 Å². The lowest BCUT2D eigenvalue weighted by Crippen LogP contribution is -2.48. The summed E-state index contributed by atoms with van der Waals surface area (Å²) >= 11 is 0. The highest BCUT2D eigenvalue weighted by Gasteiger charge is 2.35. The lowest BCUT2D eigenvalue weighted by molar-refractivity contribution is -0.151. The van der Waals surface area contributed by atoms with E-state index in [4.69, 9.17) is 4.74 Å². The van der Waals surface area contributed by atoms with Crippen LogP contribution >= 0.6 is 0 Å². The van der Waals surface area contributed by atoms with Crippen LogP contribution in [0.25, 0.3) is 11.1 Å². The second-order valence-electron chi connectivity index (χ2n) is 9.47. The molecule has 0 heterocycles. The number of fused-ring (bicyclic) bond motifs is 3. The van der Waals surface area contributed by atoms with Crippen LogP contribution in [0.1, 0.15) is 57.6 Å². The average molecular weight is 467 g/mol. The van der Waals surface area contributed by atoms with Crippen molar-refractivity contribution in [1.29, 1.82) is 0 Å².